The molecule has 15 heavy (non-hydrogen) atoms. The fraction of sp³-hybridized carbons (Fsp3) is 0.538. The standard InChI is InChI=1S/C13H19NO/c1-13(2)14(3)10-9-12(15-13)11-7-5-4-6-8-11/h4-8,12H,9-10H2,1-3H3. The second kappa shape index (κ2) is 3.95. The Bertz CT molecular complexity index is 321. The van der Waals surface area contributed by atoms with Gasteiger partial charge in [0.15, 0.2) is 0 Å². The molecule has 1 aromatic rings. The first-order valence-corrected chi connectivity index (χ1v) is 5.53. The van der Waals surface area contributed by atoms with Gasteiger partial charge in [0.1, 0.15) is 5.72 Å². The summed E-state index contributed by atoms with van der Waals surface area (Å²) in [7, 11) is 2.11. The van der Waals surface area contributed by atoms with Crippen molar-refractivity contribution in [2.75, 3.05) is 13.6 Å². The molecule has 0 N–H and O–H groups in total. The molecular formula is C13H19NO. The van der Waals surface area contributed by atoms with Crippen LogP contribution in [-0.4, -0.2) is 24.2 Å². The highest BCUT2D eigenvalue weighted by atomic mass is 16.5. The summed E-state index contributed by atoms with van der Waals surface area (Å²) in [6.45, 7) is 5.34. The van der Waals surface area contributed by atoms with Crippen molar-refractivity contribution in [1.82, 2.24) is 4.90 Å². The number of hydrogen-bond donors (Lipinski definition) is 0. The second-order valence-corrected chi connectivity index (χ2v) is 4.67. The Morgan fingerprint density at radius 1 is 1.27 bits per heavy atom. The first kappa shape index (κ1) is 10.7. The average Bonchev–Trinajstić information content (AvgIpc) is 2.23. The van der Waals surface area contributed by atoms with Crippen molar-refractivity contribution in [2.45, 2.75) is 32.1 Å². The van der Waals surface area contributed by atoms with Gasteiger partial charge in [-0.15, -0.1) is 0 Å². The van der Waals surface area contributed by atoms with Gasteiger partial charge in [0, 0.05) is 6.54 Å². The van der Waals surface area contributed by atoms with Crippen LogP contribution in [0.1, 0.15) is 31.9 Å². The molecule has 2 heteroatoms. The van der Waals surface area contributed by atoms with Crippen molar-refractivity contribution in [3.8, 4) is 0 Å². The van der Waals surface area contributed by atoms with E-state index in [-0.39, 0.29) is 11.8 Å². The van der Waals surface area contributed by atoms with Gasteiger partial charge in [0.25, 0.3) is 0 Å². The van der Waals surface area contributed by atoms with E-state index >= 15 is 0 Å². The Hall–Kier alpha value is -0.860. The van der Waals surface area contributed by atoms with Gasteiger partial charge in [-0.1, -0.05) is 30.3 Å². The molecule has 0 bridgehead atoms. The highest BCUT2D eigenvalue weighted by molar-refractivity contribution is 5.18. The molecule has 1 heterocycles. The molecule has 0 radical (unpaired) electrons. The van der Waals surface area contributed by atoms with Crippen LogP contribution in [0.3, 0.4) is 0 Å². The van der Waals surface area contributed by atoms with Gasteiger partial charge in [-0.25, -0.2) is 0 Å². The highest BCUT2D eigenvalue weighted by Crippen LogP contribution is 2.33. The molecule has 0 spiro atoms. The second-order valence-electron chi connectivity index (χ2n) is 4.67. The van der Waals surface area contributed by atoms with E-state index in [4.69, 9.17) is 4.74 Å². The summed E-state index contributed by atoms with van der Waals surface area (Å²) in [5.74, 6) is 0. The molecule has 2 nitrogen and oxygen atoms in total. The lowest BCUT2D eigenvalue weighted by Gasteiger charge is -2.43. The molecule has 0 aromatic heterocycles. The maximum absolute atomic E-state index is 6.10. The lowest BCUT2D eigenvalue weighted by atomic mass is 10.0. The van der Waals surface area contributed by atoms with Gasteiger partial charge >= 0.3 is 0 Å². The van der Waals surface area contributed by atoms with E-state index in [0.717, 1.165) is 13.0 Å². The first-order chi connectivity index (χ1) is 7.09. The van der Waals surface area contributed by atoms with Crippen LogP contribution >= 0.6 is 0 Å². The SMILES string of the molecule is CN1CCC(c2ccccc2)OC1(C)C. The van der Waals surface area contributed by atoms with Gasteiger partial charge < -0.3 is 4.74 Å². The van der Waals surface area contributed by atoms with Crippen molar-refractivity contribution >= 4 is 0 Å². The van der Waals surface area contributed by atoms with Crippen molar-refractivity contribution in [3.63, 3.8) is 0 Å². The fourth-order valence-electron chi connectivity index (χ4n) is 1.98. The normalized spacial score (nSPS) is 26.5. The summed E-state index contributed by atoms with van der Waals surface area (Å²) < 4.78 is 6.10. The Morgan fingerprint density at radius 2 is 1.93 bits per heavy atom. The van der Waals surface area contributed by atoms with E-state index in [9.17, 15) is 0 Å². The van der Waals surface area contributed by atoms with E-state index in [1.165, 1.54) is 5.56 Å². The minimum Gasteiger partial charge on any atom is -0.353 e. The summed E-state index contributed by atoms with van der Waals surface area (Å²) in [6, 6.07) is 10.5. The van der Waals surface area contributed by atoms with Crippen LogP contribution in [0.25, 0.3) is 0 Å². The number of ether oxygens (including phenoxy) is 1. The van der Waals surface area contributed by atoms with Gasteiger partial charge in [0.05, 0.1) is 6.10 Å². The van der Waals surface area contributed by atoms with E-state index in [0.29, 0.717) is 0 Å². The maximum atomic E-state index is 6.10. The van der Waals surface area contributed by atoms with E-state index in [2.05, 4.69) is 50.1 Å². The molecule has 0 saturated carbocycles. The number of benzene rings is 1. The summed E-state index contributed by atoms with van der Waals surface area (Å²) in [6.07, 6.45) is 1.32. The van der Waals surface area contributed by atoms with Crippen molar-refractivity contribution in [3.05, 3.63) is 35.9 Å². The van der Waals surface area contributed by atoms with Crippen LogP contribution in [0.4, 0.5) is 0 Å². The smallest absolute Gasteiger partial charge is 0.116 e. The zero-order valence-corrected chi connectivity index (χ0v) is 9.73. The topological polar surface area (TPSA) is 12.5 Å². The Kier molecular flexibility index (Phi) is 2.81. The Morgan fingerprint density at radius 3 is 2.53 bits per heavy atom. The molecule has 82 valence electrons. The molecular weight excluding hydrogens is 186 g/mol. The number of rotatable bonds is 1. The third-order valence-corrected chi connectivity index (χ3v) is 3.25. The van der Waals surface area contributed by atoms with E-state index in [1.54, 1.807) is 0 Å². The van der Waals surface area contributed by atoms with Gasteiger partial charge in [-0.05, 0) is 32.9 Å². The summed E-state index contributed by atoms with van der Waals surface area (Å²) >= 11 is 0. The molecule has 1 fully saturated rings. The number of hydrogen-bond acceptors (Lipinski definition) is 2. The quantitative estimate of drug-likeness (QED) is 0.699. The molecule has 2 rings (SSSR count). The summed E-state index contributed by atoms with van der Waals surface area (Å²) in [5, 5.41) is 0. The van der Waals surface area contributed by atoms with Crippen LogP contribution in [0.15, 0.2) is 30.3 Å². The monoisotopic (exact) mass is 205 g/mol. The van der Waals surface area contributed by atoms with Gasteiger partial charge in [0.2, 0.25) is 0 Å². The largest absolute Gasteiger partial charge is 0.353 e. The van der Waals surface area contributed by atoms with Gasteiger partial charge in [-0.2, -0.15) is 0 Å². The van der Waals surface area contributed by atoms with Crippen molar-refractivity contribution < 1.29 is 4.74 Å². The lowest BCUT2D eigenvalue weighted by molar-refractivity contribution is -0.193. The summed E-state index contributed by atoms with van der Waals surface area (Å²) in [5.41, 5.74) is 1.14. The molecule has 1 aliphatic heterocycles. The number of nitrogens with zero attached hydrogens (tertiary/aromatic N) is 1. The van der Waals surface area contributed by atoms with Crippen LogP contribution in [0, 0.1) is 0 Å². The summed E-state index contributed by atoms with van der Waals surface area (Å²) in [4.78, 5) is 2.26. The van der Waals surface area contributed by atoms with Crippen molar-refractivity contribution in [2.24, 2.45) is 0 Å². The van der Waals surface area contributed by atoms with Crippen LogP contribution < -0.4 is 0 Å². The third kappa shape index (κ3) is 2.21. The molecule has 1 atom stereocenters. The zero-order valence-electron chi connectivity index (χ0n) is 9.73. The van der Waals surface area contributed by atoms with Crippen molar-refractivity contribution in [1.29, 1.82) is 0 Å². The van der Waals surface area contributed by atoms with E-state index in [1.807, 2.05) is 6.07 Å². The molecule has 0 amide bonds. The minimum atomic E-state index is -0.154. The third-order valence-electron chi connectivity index (χ3n) is 3.25. The molecule has 1 unspecified atom stereocenters. The zero-order chi connectivity index (χ0) is 10.9. The average molecular weight is 205 g/mol. The predicted octanol–water partition coefficient (Wildman–Crippen LogP) is 2.82. The maximum Gasteiger partial charge on any atom is 0.116 e. The Balaban J connectivity index is 2.14. The van der Waals surface area contributed by atoms with Crippen LogP contribution in [0.2, 0.25) is 0 Å². The lowest BCUT2D eigenvalue weighted by Crippen LogP contribution is -2.48. The highest BCUT2D eigenvalue weighted by Gasteiger charge is 2.33. The van der Waals surface area contributed by atoms with Crippen LogP contribution in [0.5, 0.6) is 0 Å². The van der Waals surface area contributed by atoms with Gasteiger partial charge in [-0.3, -0.25) is 4.90 Å². The minimum absolute atomic E-state index is 0.154. The fourth-order valence-corrected chi connectivity index (χ4v) is 1.98. The first-order valence-electron chi connectivity index (χ1n) is 5.53. The van der Waals surface area contributed by atoms with E-state index < -0.39 is 0 Å². The van der Waals surface area contributed by atoms with Crippen LogP contribution in [-0.2, 0) is 4.74 Å². The predicted molar refractivity (Wildman–Crippen MR) is 61.6 cm³/mol. The molecule has 1 saturated heterocycles. The molecule has 1 aromatic carbocycles. The molecule has 0 aliphatic carbocycles. The Labute approximate surface area is 91.9 Å². The molecule has 1 aliphatic rings.